The number of hydrogen-bond donors (Lipinski definition) is 0. The Labute approximate surface area is 114 Å². The molecule has 0 radical (unpaired) electrons. The first kappa shape index (κ1) is 18.0. The number of aryl methyl sites for hydroxylation is 1. The van der Waals surface area contributed by atoms with Gasteiger partial charge in [-0.05, 0) is 26.4 Å². The van der Waals surface area contributed by atoms with Gasteiger partial charge in [0, 0.05) is 6.42 Å². The molecule has 1 aromatic heterocycles. The van der Waals surface area contributed by atoms with E-state index in [2.05, 4.69) is 10.2 Å². The minimum absolute atomic E-state index is 0.0382. The SMILES string of the molecule is CC.CCN1CCCC(F)(F)C1.CCn1nccn1. The van der Waals surface area contributed by atoms with Crippen LogP contribution in [0.2, 0.25) is 0 Å². The number of piperidine rings is 1. The fourth-order valence-electron chi connectivity index (χ4n) is 1.72. The van der Waals surface area contributed by atoms with E-state index in [0.717, 1.165) is 19.6 Å². The van der Waals surface area contributed by atoms with Gasteiger partial charge >= 0.3 is 0 Å². The topological polar surface area (TPSA) is 34.0 Å². The van der Waals surface area contributed by atoms with E-state index in [1.165, 1.54) is 0 Å². The lowest BCUT2D eigenvalue weighted by Crippen LogP contribution is -2.42. The third-order valence-electron chi connectivity index (χ3n) is 2.67. The Morgan fingerprint density at radius 2 is 1.68 bits per heavy atom. The van der Waals surface area contributed by atoms with Crippen molar-refractivity contribution >= 4 is 0 Å². The van der Waals surface area contributed by atoms with Crippen molar-refractivity contribution in [2.24, 2.45) is 0 Å². The Kier molecular flexibility index (Phi) is 9.30. The second-order valence-electron chi connectivity index (χ2n) is 4.05. The van der Waals surface area contributed by atoms with Gasteiger partial charge in [0.2, 0.25) is 0 Å². The van der Waals surface area contributed by atoms with Crippen molar-refractivity contribution in [2.45, 2.75) is 53.0 Å². The zero-order valence-corrected chi connectivity index (χ0v) is 12.4. The van der Waals surface area contributed by atoms with Crippen molar-refractivity contribution < 1.29 is 8.78 Å². The second kappa shape index (κ2) is 9.83. The highest BCUT2D eigenvalue weighted by Crippen LogP contribution is 2.25. The van der Waals surface area contributed by atoms with Crippen LogP contribution in [0.5, 0.6) is 0 Å². The van der Waals surface area contributed by atoms with Crippen LogP contribution in [0.4, 0.5) is 8.78 Å². The fraction of sp³-hybridized carbons (Fsp3) is 0.846. The Morgan fingerprint density at radius 1 is 1.11 bits per heavy atom. The molecule has 0 aliphatic carbocycles. The van der Waals surface area contributed by atoms with E-state index in [-0.39, 0.29) is 13.0 Å². The maximum atomic E-state index is 12.6. The molecule has 1 saturated heterocycles. The highest BCUT2D eigenvalue weighted by molar-refractivity contribution is 4.77. The van der Waals surface area contributed by atoms with Gasteiger partial charge in [-0.2, -0.15) is 15.0 Å². The third-order valence-corrected chi connectivity index (χ3v) is 2.67. The molecule has 0 saturated carbocycles. The Hall–Kier alpha value is -1.04. The summed E-state index contributed by atoms with van der Waals surface area (Å²) >= 11 is 0. The average molecular weight is 276 g/mol. The van der Waals surface area contributed by atoms with Gasteiger partial charge in [0.1, 0.15) is 0 Å². The smallest absolute Gasteiger partial charge is 0.260 e. The van der Waals surface area contributed by atoms with Crippen molar-refractivity contribution in [3.05, 3.63) is 12.4 Å². The van der Waals surface area contributed by atoms with Gasteiger partial charge < -0.3 is 0 Å². The summed E-state index contributed by atoms with van der Waals surface area (Å²) in [7, 11) is 0. The molecule has 1 aliphatic heterocycles. The van der Waals surface area contributed by atoms with Crippen LogP contribution in [0.1, 0.15) is 40.5 Å². The number of aromatic nitrogens is 3. The summed E-state index contributed by atoms with van der Waals surface area (Å²) in [4.78, 5) is 3.42. The van der Waals surface area contributed by atoms with E-state index in [4.69, 9.17) is 0 Å². The highest BCUT2D eigenvalue weighted by Gasteiger charge is 2.34. The minimum atomic E-state index is -2.42. The molecular formula is C13H26F2N4. The van der Waals surface area contributed by atoms with Gasteiger partial charge in [-0.1, -0.05) is 20.8 Å². The minimum Gasteiger partial charge on any atom is -0.298 e. The summed E-state index contributed by atoms with van der Waals surface area (Å²) in [5.41, 5.74) is 0. The largest absolute Gasteiger partial charge is 0.298 e. The molecule has 0 atom stereocenters. The summed E-state index contributed by atoms with van der Waals surface area (Å²) in [6.45, 7) is 10.3. The van der Waals surface area contributed by atoms with E-state index in [9.17, 15) is 8.78 Å². The van der Waals surface area contributed by atoms with Crippen LogP contribution in [0.3, 0.4) is 0 Å². The van der Waals surface area contributed by atoms with Gasteiger partial charge in [0.25, 0.3) is 5.92 Å². The number of halogens is 2. The predicted octanol–water partition coefficient (Wildman–Crippen LogP) is 3.06. The van der Waals surface area contributed by atoms with E-state index in [1.54, 1.807) is 22.1 Å². The van der Waals surface area contributed by atoms with Crippen LogP contribution >= 0.6 is 0 Å². The van der Waals surface area contributed by atoms with E-state index < -0.39 is 5.92 Å². The molecule has 0 aromatic carbocycles. The maximum Gasteiger partial charge on any atom is 0.260 e. The van der Waals surface area contributed by atoms with Gasteiger partial charge in [-0.25, -0.2) is 8.78 Å². The van der Waals surface area contributed by atoms with Crippen molar-refractivity contribution in [3.8, 4) is 0 Å². The zero-order valence-electron chi connectivity index (χ0n) is 12.4. The summed E-state index contributed by atoms with van der Waals surface area (Å²) in [5.74, 6) is -2.42. The van der Waals surface area contributed by atoms with Crippen LogP contribution in [-0.4, -0.2) is 45.5 Å². The Balaban J connectivity index is 0.000000316. The lowest BCUT2D eigenvalue weighted by molar-refractivity contribution is -0.0625. The van der Waals surface area contributed by atoms with Gasteiger partial charge in [0.15, 0.2) is 0 Å². The number of hydrogen-bond acceptors (Lipinski definition) is 3. The Bertz CT molecular complexity index is 302. The van der Waals surface area contributed by atoms with E-state index >= 15 is 0 Å². The number of nitrogens with zero attached hydrogens (tertiary/aromatic N) is 4. The number of likely N-dealkylation sites (tertiary alicyclic amines) is 1. The molecule has 19 heavy (non-hydrogen) atoms. The predicted molar refractivity (Wildman–Crippen MR) is 73.3 cm³/mol. The average Bonchev–Trinajstić information content (AvgIpc) is 2.94. The molecule has 0 spiro atoms. The van der Waals surface area contributed by atoms with Crippen LogP contribution in [0.15, 0.2) is 12.4 Å². The molecule has 0 N–H and O–H groups in total. The fourth-order valence-corrected chi connectivity index (χ4v) is 1.72. The lowest BCUT2D eigenvalue weighted by Gasteiger charge is -2.31. The summed E-state index contributed by atoms with van der Waals surface area (Å²) in [6.07, 6.45) is 4.05. The quantitative estimate of drug-likeness (QED) is 0.832. The molecule has 4 nitrogen and oxygen atoms in total. The standard InChI is InChI=1S/C7H13F2N.C4H7N3.C2H6/c1-2-10-5-3-4-7(8,9)6-10;1-2-7-5-3-4-6-7;1-2/h2-6H2,1H3;3-4H,2H2,1H3;1-2H3. The molecule has 2 heterocycles. The summed E-state index contributed by atoms with van der Waals surface area (Å²) in [5, 5.41) is 7.68. The first-order valence-electron chi connectivity index (χ1n) is 7.01. The Morgan fingerprint density at radius 3 is 2.00 bits per heavy atom. The summed E-state index contributed by atoms with van der Waals surface area (Å²) < 4.78 is 25.2. The maximum absolute atomic E-state index is 12.6. The number of alkyl halides is 2. The van der Waals surface area contributed by atoms with Crippen molar-refractivity contribution in [1.29, 1.82) is 0 Å². The van der Waals surface area contributed by atoms with Gasteiger partial charge in [-0.15, -0.1) is 0 Å². The molecule has 6 heteroatoms. The first-order valence-corrected chi connectivity index (χ1v) is 7.01. The molecule has 1 aromatic rings. The molecule has 112 valence electrons. The molecule has 0 unspecified atom stereocenters. The molecule has 0 amide bonds. The number of rotatable bonds is 2. The van der Waals surface area contributed by atoms with E-state index in [0.29, 0.717) is 6.42 Å². The molecule has 1 aliphatic rings. The van der Waals surface area contributed by atoms with E-state index in [1.807, 2.05) is 27.7 Å². The molecule has 0 bridgehead atoms. The van der Waals surface area contributed by atoms with Crippen LogP contribution in [-0.2, 0) is 6.54 Å². The zero-order chi connectivity index (χ0) is 14.7. The van der Waals surface area contributed by atoms with Crippen LogP contribution in [0.25, 0.3) is 0 Å². The van der Waals surface area contributed by atoms with Crippen molar-refractivity contribution in [3.63, 3.8) is 0 Å². The second-order valence-corrected chi connectivity index (χ2v) is 4.05. The molecule has 1 fully saturated rings. The highest BCUT2D eigenvalue weighted by atomic mass is 19.3. The lowest BCUT2D eigenvalue weighted by atomic mass is 10.1. The van der Waals surface area contributed by atoms with Crippen LogP contribution in [0, 0.1) is 0 Å². The normalized spacial score (nSPS) is 17.8. The molecule has 2 rings (SSSR count). The monoisotopic (exact) mass is 276 g/mol. The van der Waals surface area contributed by atoms with Crippen LogP contribution < -0.4 is 0 Å². The van der Waals surface area contributed by atoms with Crippen molar-refractivity contribution in [2.75, 3.05) is 19.6 Å². The summed E-state index contributed by atoms with van der Waals surface area (Å²) in [6, 6.07) is 0. The third kappa shape index (κ3) is 7.87. The first-order chi connectivity index (χ1) is 9.07. The van der Waals surface area contributed by atoms with Gasteiger partial charge in [0.05, 0.1) is 25.5 Å². The van der Waals surface area contributed by atoms with Crippen molar-refractivity contribution in [1.82, 2.24) is 19.9 Å². The molecular weight excluding hydrogens is 250 g/mol. The van der Waals surface area contributed by atoms with Gasteiger partial charge in [-0.3, -0.25) is 4.90 Å².